The fourth-order valence-corrected chi connectivity index (χ4v) is 3.33. The second-order valence-corrected chi connectivity index (χ2v) is 7.48. The Morgan fingerprint density at radius 3 is 2.69 bits per heavy atom. The van der Waals surface area contributed by atoms with Gasteiger partial charge in [0.1, 0.15) is 5.25 Å². The van der Waals surface area contributed by atoms with Crippen LogP contribution in [-0.2, 0) is 9.59 Å². The van der Waals surface area contributed by atoms with Crippen LogP contribution in [0.5, 0.6) is 11.5 Å². The van der Waals surface area contributed by atoms with Crippen molar-refractivity contribution in [2.24, 2.45) is 10.9 Å². The smallest absolute Gasteiger partial charge is 0.240 e. The van der Waals surface area contributed by atoms with Crippen molar-refractivity contribution < 1.29 is 19.1 Å². The van der Waals surface area contributed by atoms with Gasteiger partial charge in [-0.3, -0.25) is 14.6 Å². The molecule has 0 aliphatic carbocycles. The average molecular weight is 379 g/mol. The summed E-state index contributed by atoms with van der Waals surface area (Å²) >= 11 is 1.31. The number of aliphatic imine (C=N–C) groups is 1. The zero-order chi connectivity index (χ0) is 19.1. The van der Waals surface area contributed by atoms with E-state index in [1.807, 2.05) is 0 Å². The van der Waals surface area contributed by atoms with E-state index in [9.17, 15) is 9.59 Å². The number of anilines is 1. The van der Waals surface area contributed by atoms with Gasteiger partial charge in [0.2, 0.25) is 11.8 Å². The number of rotatable bonds is 8. The maximum Gasteiger partial charge on any atom is 0.240 e. The van der Waals surface area contributed by atoms with Crippen molar-refractivity contribution in [1.29, 1.82) is 0 Å². The molecule has 1 aromatic carbocycles. The molecular formula is C18H25N3O4S. The molecule has 8 heteroatoms. The van der Waals surface area contributed by atoms with Crippen LogP contribution in [0.4, 0.5) is 5.69 Å². The Morgan fingerprint density at radius 1 is 1.31 bits per heavy atom. The third kappa shape index (κ3) is 5.66. The Labute approximate surface area is 157 Å². The van der Waals surface area contributed by atoms with Gasteiger partial charge < -0.3 is 20.1 Å². The lowest BCUT2D eigenvalue weighted by atomic mass is 10.1. The molecule has 142 valence electrons. The van der Waals surface area contributed by atoms with Gasteiger partial charge in [0.25, 0.3) is 0 Å². The normalized spacial score (nSPS) is 18.1. The van der Waals surface area contributed by atoms with Gasteiger partial charge in [-0.15, -0.1) is 0 Å². The van der Waals surface area contributed by atoms with Gasteiger partial charge in [0.05, 0.1) is 14.2 Å². The Balaban J connectivity index is 1.90. The third-order valence-corrected chi connectivity index (χ3v) is 4.90. The van der Waals surface area contributed by atoms with Crippen LogP contribution < -0.4 is 20.1 Å². The molecule has 0 unspecified atom stereocenters. The van der Waals surface area contributed by atoms with Crippen LogP contribution in [0.2, 0.25) is 0 Å². The molecule has 2 N–H and O–H groups in total. The summed E-state index contributed by atoms with van der Waals surface area (Å²) in [5, 5.41) is 5.65. The number of nitrogens with one attached hydrogen (secondary N) is 2. The number of hydrogen-bond donors (Lipinski definition) is 2. The molecule has 0 spiro atoms. The van der Waals surface area contributed by atoms with Crippen LogP contribution >= 0.6 is 11.8 Å². The van der Waals surface area contributed by atoms with E-state index >= 15 is 0 Å². The van der Waals surface area contributed by atoms with Crippen LogP contribution in [0.3, 0.4) is 0 Å². The first-order valence-corrected chi connectivity index (χ1v) is 9.34. The van der Waals surface area contributed by atoms with Crippen LogP contribution in [0.25, 0.3) is 0 Å². The Morgan fingerprint density at radius 2 is 2.04 bits per heavy atom. The molecule has 1 aromatic rings. The number of ether oxygens (including phenoxy) is 2. The minimum absolute atomic E-state index is 0.0774. The van der Waals surface area contributed by atoms with Crippen molar-refractivity contribution in [3.8, 4) is 11.5 Å². The van der Waals surface area contributed by atoms with Gasteiger partial charge in [-0.2, -0.15) is 0 Å². The molecule has 1 atom stereocenters. The number of amidine groups is 1. The van der Waals surface area contributed by atoms with Crippen molar-refractivity contribution in [3.63, 3.8) is 0 Å². The van der Waals surface area contributed by atoms with E-state index in [1.165, 1.54) is 18.9 Å². The molecule has 1 aliphatic rings. The van der Waals surface area contributed by atoms with Gasteiger partial charge in [-0.05, 0) is 24.5 Å². The summed E-state index contributed by atoms with van der Waals surface area (Å²) < 4.78 is 10.4. The highest BCUT2D eigenvalue weighted by atomic mass is 32.2. The molecule has 2 amide bonds. The van der Waals surface area contributed by atoms with Crippen LogP contribution in [-0.4, -0.2) is 43.0 Å². The van der Waals surface area contributed by atoms with Gasteiger partial charge in [-0.25, -0.2) is 0 Å². The minimum Gasteiger partial charge on any atom is -0.493 e. The summed E-state index contributed by atoms with van der Waals surface area (Å²) in [4.78, 5) is 28.7. The standard InChI is InChI=1S/C18H25N3O4S/c1-11(2)7-8-19-18-21-17(23)15(26-18)10-16(22)20-12-5-6-13(24-3)14(9-12)25-4/h5-6,9,11,15H,7-8,10H2,1-4H3,(H,20,22)(H,19,21,23)/t15-/m1/s1. The Hall–Kier alpha value is -2.22. The summed E-state index contributed by atoms with van der Waals surface area (Å²) in [6.45, 7) is 4.93. The first-order chi connectivity index (χ1) is 12.4. The number of hydrogen-bond acceptors (Lipinski definition) is 6. The molecule has 1 saturated heterocycles. The van der Waals surface area contributed by atoms with E-state index in [2.05, 4.69) is 29.5 Å². The summed E-state index contributed by atoms with van der Waals surface area (Å²) in [5.74, 6) is 1.25. The zero-order valence-corrected chi connectivity index (χ0v) is 16.3. The lowest BCUT2D eigenvalue weighted by molar-refractivity contribution is -0.122. The topological polar surface area (TPSA) is 89.0 Å². The second kappa shape index (κ2) is 9.47. The second-order valence-electron chi connectivity index (χ2n) is 6.29. The van der Waals surface area contributed by atoms with Crippen LogP contribution in [0.15, 0.2) is 23.2 Å². The number of thioether (sulfide) groups is 1. The van der Waals surface area contributed by atoms with E-state index < -0.39 is 5.25 Å². The highest BCUT2D eigenvalue weighted by molar-refractivity contribution is 8.15. The Bertz CT molecular complexity index is 691. The monoisotopic (exact) mass is 379 g/mol. The number of carbonyl (C=O) groups is 2. The zero-order valence-electron chi connectivity index (χ0n) is 15.5. The van der Waals surface area contributed by atoms with Gasteiger partial charge in [0, 0.05) is 24.7 Å². The average Bonchev–Trinajstić information content (AvgIpc) is 2.93. The molecule has 26 heavy (non-hydrogen) atoms. The predicted octanol–water partition coefficient (Wildman–Crippen LogP) is 2.67. The highest BCUT2D eigenvalue weighted by Gasteiger charge is 2.32. The number of carbonyl (C=O) groups excluding carboxylic acids is 2. The summed E-state index contributed by atoms with van der Waals surface area (Å²) in [6.07, 6.45) is 1.04. The molecule has 0 bridgehead atoms. The first kappa shape index (κ1) is 20.1. The molecule has 2 rings (SSSR count). The lowest BCUT2D eigenvalue weighted by Crippen LogP contribution is -2.28. The van der Waals surface area contributed by atoms with Crippen molar-refractivity contribution in [2.45, 2.75) is 31.9 Å². The molecule has 0 aromatic heterocycles. The first-order valence-electron chi connectivity index (χ1n) is 8.46. The maximum absolute atomic E-state index is 12.3. The quantitative estimate of drug-likeness (QED) is 0.725. The SMILES string of the molecule is COc1ccc(NC(=O)C[C@H]2SC(=NCCC(C)C)NC2=O)cc1OC. The Kier molecular flexibility index (Phi) is 7.32. The molecule has 1 fully saturated rings. The highest BCUT2D eigenvalue weighted by Crippen LogP contribution is 2.30. The van der Waals surface area contributed by atoms with Crippen molar-refractivity contribution in [1.82, 2.24) is 5.32 Å². The third-order valence-electron chi connectivity index (χ3n) is 3.78. The van der Waals surface area contributed by atoms with Crippen molar-refractivity contribution in [3.05, 3.63) is 18.2 Å². The lowest BCUT2D eigenvalue weighted by Gasteiger charge is -2.11. The molecular weight excluding hydrogens is 354 g/mol. The van der Waals surface area contributed by atoms with Gasteiger partial charge in [-0.1, -0.05) is 25.6 Å². The molecule has 1 heterocycles. The van der Waals surface area contributed by atoms with Gasteiger partial charge in [0.15, 0.2) is 16.7 Å². The fourth-order valence-electron chi connectivity index (χ4n) is 2.33. The molecule has 0 saturated carbocycles. The largest absolute Gasteiger partial charge is 0.493 e. The number of nitrogens with zero attached hydrogens (tertiary/aromatic N) is 1. The number of amides is 2. The summed E-state index contributed by atoms with van der Waals surface area (Å²) in [7, 11) is 3.08. The van der Waals surface area contributed by atoms with Crippen molar-refractivity contribution >= 4 is 34.4 Å². The van der Waals surface area contributed by atoms with Gasteiger partial charge >= 0.3 is 0 Å². The molecule has 1 aliphatic heterocycles. The van der Waals surface area contributed by atoms with E-state index in [4.69, 9.17) is 9.47 Å². The summed E-state index contributed by atoms with van der Waals surface area (Å²) in [6, 6.07) is 5.11. The maximum atomic E-state index is 12.3. The number of benzene rings is 1. The van der Waals surface area contributed by atoms with E-state index in [1.54, 1.807) is 25.3 Å². The fraction of sp³-hybridized carbons (Fsp3) is 0.500. The molecule has 7 nitrogen and oxygen atoms in total. The number of methoxy groups -OCH3 is 2. The van der Waals surface area contributed by atoms with E-state index in [0.717, 1.165) is 6.42 Å². The molecule has 0 radical (unpaired) electrons. The van der Waals surface area contributed by atoms with Crippen LogP contribution in [0, 0.1) is 5.92 Å². The minimum atomic E-state index is -0.465. The summed E-state index contributed by atoms with van der Waals surface area (Å²) in [5.41, 5.74) is 0.585. The van der Waals surface area contributed by atoms with Crippen molar-refractivity contribution in [2.75, 3.05) is 26.1 Å². The van der Waals surface area contributed by atoms with Crippen LogP contribution in [0.1, 0.15) is 26.7 Å². The van der Waals surface area contributed by atoms with E-state index in [0.29, 0.717) is 34.8 Å². The van der Waals surface area contributed by atoms with E-state index in [-0.39, 0.29) is 18.2 Å². The predicted molar refractivity (Wildman–Crippen MR) is 104 cm³/mol.